The van der Waals surface area contributed by atoms with Crippen LogP contribution in [0.5, 0.6) is 0 Å². The minimum atomic E-state index is 0.627. The van der Waals surface area contributed by atoms with Gasteiger partial charge in [-0.15, -0.1) is 0 Å². The Morgan fingerprint density at radius 3 is 1.67 bits per heavy atom. The van der Waals surface area contributed by atoms with Crippen LogP contribution < -0.4 is 0 Å². The van der Waals surface area contributed by atoms with Gasteiger partial charge in [0.2, 0.25) is 0 Å². The maximum Gasteiger partial charge on any atom is 0.164 e. The molecule has 2 aromatic heterocycles. The third-order valence-corrected chi connectivity index (χ3v) is 8.71. The van der Waals surface area contributed by atoms with Gasteiger partial charge in [0.05, 0.1) is 5.69 Å². The van der Waals surface area contributed by atoms with E-state index in [-0.39, 0.29) is 0 Å². The van der Waals surface area contributed by atoms with E-state index in [9.17, 15) is 0 Å². The van der Waals surface area contributed by atoms with Crippen molar-refractivity contribution in [3.63, 3.8) is 0 Å². The molecule has 0 saturated heterocycles. The largest absolute Gasteiger partial charge is 0.239 e. The SMILES string of the molecule is Cc1cc(-c2cccc(-c3cc(-c4ccc5c(c4)C=CCC5)cc(-c4nc(-c5ccccc5)nc(-c5ccccc5)n4)c3)c2)nc(C)n1. The van der Waals surface area contributed by atoms with Gasteiger partial charge in [-0.2, -0.15) is 0 Å². The van der Waals surface area contributed by atoms with E-state index in [4.69, 9.17) is 19.9 Å². The number of rotatable bonds is 6. The second kappa shape index (κ2) is 12.6. The Morgan fingerprint density at radius 2 is 1.00 bits per heavy atom. The van der Waals surface area contributed by atoms with Crippen LogP contribution >= 0.6 is 0 Å². The summed E-state index contributed by atoms with van der Waals surface area (Å²) in [6.07, 6.45) is 6.66. The predicted octanol–water partition coefficient (Wildman–Crippen LogP) is 10.2. The fourth-order valence-electron chi connectivity index (χ4n) is 6.36. The van der Waals surface area contributed by atoms with E-state index < -0.39 is 0 Å². The standard InChI is InChI=1S/C43H33N5/c1-28-22-40(45-29(2)44-28)36-19-11-18-34(24-36)37-25-38(35-21-20-30-12-9-10-17-33(30)23-35)27-39(26-37)43-47-41(31-13-5-3-6-14-31)46-42(48-43)32-15-7-4-8-16-32/h3-8,10-11,13-27H,9,12H2,1-2H3. The average Bonchev–Trinajstić information content (AvgIpc) is 3.14. The van der Waals surface area contributed by atoms with Gasteiger partial charge >= 0.3 is 0 Å². The highest BCUT2D eigenvalue weighted by molar-refractivity contribution is 5.83. The van der Waals surface area contributed by atoms with Crippen molar-refractivity contribution in [3.05, 3.63) is 156 Å². The lowest BCUT2D eigenvalue weighted by Gasteiger charge is -2.15. The summed E-state index contributed by atoms with van der Waals surface area (Å²) in [4.78, 5) is 24.3. The number of aromatic nitrogens is 5. The number of hydrogen-bond acceptors (Lipinski definition) is 5. The van der Waals surface area contributed by atoms with Gasteiger partial charge in [0, 0.05) is 27.9 Å². The Balaban J connectivity index is 1.33. The van der Waals surface area contributed by atoms with E-state index in [0.29, 0.717) is 17.5 Å². The van der Waals surface area contributed by atoms with Crippen LogP contribution in [0.25, 0.3) is 73.8 Å². The van der Waals surface area contributed by atoms with Crippen LogP contribution in [0.15, 0.2) is 133 Å². The topological polar surface area (TPSA) is 64.5 Å². The zero-order valence-electron chi connectivity index (χ0n) is 26.9. The quantitative estimate of drug-likeness (QED) is 0.185. The molecule has 5 heteroatoms. The second-order valence-corrected chi connectivity index (χ2v) is 12.2. The summed E-state index contributed by atoms with van der Waals surface area (Å²) in [5.41, 5.74) is 12.8. The molecule has 0 N–H and O–H groups in total. The molecule has 0 bridgehead atoms. The van der Waals surface area contributed by atoms with Crippen molar-refractivity contribution in [2.24, 2.45) is 0 Å². The molecule has 0 spiro atoms. The fourth-order valence-corrected chi connectivity index (χ4v) is 6.36. The highest BCUT2D eigenvalue weighted by atomic mass is 15.0. The summed E-state index contributed by atoms with van der Waals surface area (Å²) in [5.74, 6) is 2.67. The molecular formula is C43H33N5. The van der Waals surface area contributed by atoms with Crippen LogP contribution in [0.1, 0.15) is 29.1 Å². The Labute approximate surface area is 280 Å². The third kappa shape index (κ3) is 6.06. The van der Waals surface area contributed by atoms with E-state index in [1.54, 1.807) is 0 Å². The Bertz CT molecular complexity index is 2230. The highest BCUT2D eigenvalue weighted by Crippen LogP contribution is 2.36. The van der Waals surface area contributed by atoms with Crippen molar-refractivity contribution in [2.45, 2.75) is 26.7 Å². The smallest absolute Gasteiger partial charge is 0.164 e. The van der Waals surface area contributed by atoms with Gasteiger partial charge in [-0.25, -0.2) is 24.9 Å². The molecule has 5 aromatic carbocycles. The molecule has 0 aliphatic heterocycles. The zero-order chi connectivity index (χ0) is 32.5. The molecule has 0 saturated carbocycles. The van der Waals surface area contributed by atoms with Gasteiger partial charge in [-0.05, 0) is 96.5 Å². The molecule has 0 fully saturated rings. The van der Waals surface area contributed by atoms with E-state index in [2.05, 4.69) is 77.8 Å². The van der Waals surface area contributed by atoms with Gasteiger partial charge < -0.3 is 0 Å². The van der Waals surface area contributed by atoms with E-state index >= 15 is 0 Å². The van der Waals surface area contributed by atoms with Crippen molar-refractivity contribution in [1.29, 1.82) is 0 Å². The first kappa shape index (κ1) is 29.3. The predicted molar refractivity (Wildman–Crippen MR) is 195 cm³/mol. The molecular weight excluding hydrogens is 587 g/mol. The number of allylic oxidation sites excluding steroid dienone is 1. The lowest BCUT2D eigenvalue weighted by Crippen LogP contribution is -2.00. The summed E-state index contributed by atoms with van der Waals surface area (Å²) in [6, 6.07) is 44.3. The summed E-state index contributed by atoms with van der Waals surface area (Å²) < 4.78 is 0. The first-order valence-corrected chi connectivity index (χ1v) is 16.3. The molecule has 0 unspecified atom stereocenters. The third-order valence-electron chi connectivity index (χ3n) is 8.71. The maximum absolute atomic E-state index is 5.07. The Hall–Kier alpha value is -6.07. The molecule has 8 rings (SSSR count). The summed E-state index contributed by atoms with van der Waals surface area (Å²) in [7, 11) is 0. The van der Waals surface area contributed by atoms with Crippen LogP contribution in [-0.4, -0.2) is 24.9 Å². The number of nitrogens with zero attached hydrogens (tertiary/aromatic N) is 5. The maximum atomic E-state index is 5.07. The summed E-state index contributed by atoms with van der Waals surface area (Å²) in [5, 5.41) is 0. The number of aryl methyl sites for hydroxylation is 3. The molecule has 48 heavy (non-hydrogen) atoms. The van der Waals surface area contributed by atoms with Gasteiger partial charge in [0.1, 0.15) is 5.82 Å². The van der Waals surface area contributed by atoms with E-state index in [0.717, 1.165) is 74.6 Å². The van der Waals surface area contributed by atoms with Crippen molar-refractivity contribution in [3.8, 4) is 67.7 Å². The van der Waals surface area contributed by atoms with Gasteiger partial charge in [0.25, 0.3) is 0 Å². The molecule has 0 atom stereocenters. The van der Waals surface area contributed by atoms with Crippen LogP contribution in [0, 0.1) is 13.8 Å². The second-order valence-electron chi connectivity index (χ2n) is 12.2. The van der Waals surface area contributed by atoms with Crippen molar-refractivity contribution < 1.29 is 0 Å². The number of fused-ring (bicyclic) bond motifs is 1. The number of benzene rings is 5. The lowest BCUT2D eigenvalue weighted by molar-refractivity contribution is 0.986. The minimum Gasteiger partial charge on any atom is -0.239 e. The van der Waals surface area contributed by atoms with Crippen LogP contribution in [0.2, 0.25) is 0 Å². The first-order valence-electron chi connectivity index (χ1n) is 16.3. The van der Waals surface area contributed by atoms with Crippen LogP contribution in [0.3, 0.4) is 0 Å². The first-order chi connectivity index (χ1) is 23.6. The summed E-state index contributed by atoms with van der Waals surface area (Å²) in [6.45, 7) is 3.94. The van der Waals surface area contributed by atoms with E-state index in [1.165, 1.54) is 11.1 Å². The van der Waals surface area contributed by atoms with Crippen molar-refractivity contribution >= 4 is 6.08 Å². The molecule has 1 aliphatic rings. The van der Waals surface area contributed by atoms with Crippen molar-refractivity contribution in [1.82, 2.24) is 24.9 Å². The highest BCUT2D eigenvalue weighted by Gasteiger charge is 2.16. The molecule has 0 radical (unpaired) electrons. The zero-order valence-corrected chi connectivity index (χ0v) is 26.9. The molecule has 230 valence electrons. The van der Waals surface area contributed by atoms with Crippen molar-refractivity contribution in [2.75, 3.05) is 0 Å². The van der Waals surface area contributed by atoms with Gasteiger partial charge in [-0.3, -0.25) is 0 Å². The van der Waals surface area contributed by atoms with Gasteiger partial charge in [0.15, 0.2) is 17.5 Å². The Morgan fingerprint density at radius 1 is 0.438 bits per heavy atom. The lowest BCUT2D eigenvalue weighted by atomic mass is 9.91. The molecule has 1 aliphatic carbocycles. The average molecular weight is 620 g/mol. The molecule has 0 amide bonds. The van der Waals surface area contributed by atoms with Gasteiger partial charge in [-0.1, -0.05) is 103 Å². The molecule has 7 aromatic rings. The van der Waals surface area contributed by atoms with Crippen LogP contribution in [-0.2, 0) is 6.42 Å². The summed E-state index contributed by atoms with van der Waals surface area (Å²) >= 11 is 0. The minimum absolute atomic E-state index is 0.627. The molecule has 5 nitrogen and oxygen atoms in total. The van der Waals surface area contributed by atoms with Crippen LogP contribution in [0.4, 0.5) is 0 Å². The fraction of sp³-hybridized carbons (Fsp3) is 0.0930. The number of hydrogen-bond donors (Lipinski definition) is 0. The normalized spacial score (nSPS) is 12.1. The molecule has 2 heterocycles. The van der Waals surface area contributed by atoms with E-state index in [1.807, 2.05) is 80.6 Å². The Kier molecular flexibility index (Phi) is 7.71. The monoisotopic (exact) mass is 619 g/mol.